The van der Waals surface area contributed by atoms with Gasteiger partial charge in [0.05, 0.1) is 16.6 Å². The Morgan fingerprint density at radius 2 is 1.96 bits per heavy atom. The summed E-state index contributed by atoms with van der Waals surface area (Å²) < 4.78 is 0. The summed E-state index contributed by atoms with van der Waals surface area (Å²) in [5.74, 6) is 0.188. The van der Waals surface area contributed by atoms with Crippen LogP contribution in [0.15, 0.2) is 12.1 Å². The van der Waals surface area contributed by atoms with E-state index < -0.39 is 0 Å². The minimum atomic E-state index is -0.0385. The van der Waals surface area contributed by atoms with Crippen molar-refractivity contribution in [3.63, 3.8) is 0 Å². The SMILES string of the molecule is O=C1CC(N2CC(=O)N3C[C@@H](c4c(O)ccc(Cl)c4Cl)C[C@H]3C2)CN1. The fraction of sp³-hybridized carbons (Fsp3) is 0.529. The highest BCUT2D eigenvalue weighted by molar-refractivity contribution is 6.42. The van der Waals surface area contributed by atoms with E-state index in [1.807, 2.05) is 4.90 Å². The molecule has 2 amide bonds. The second-order valence-corrected chi connectivity index (χ2v) is 7.80. The molecule has 3 fully saturated rings. The lowest BCUT2D eigenvalue weighted by molar-refractivity contribution is -0.139. The molecule has 2 N–H and O–H groups in total. The zero-order chi connectivity index (χ0) is 17.7. The molecule has 134 valence electrons. The monoisotopic (exact) mass is 383 g/mol. The number of piperazine rings is 1. The molecule has 3 heterocycles. The van der Waals surface area contributed by atoms with Crippen LogP contribution >= 0.6 is 23.2 Å². The molecular formula is C17H19Cl2N3O3. The van der Waals surface area contributed by atoms with Crippen LogP contribution in [0.25, 0.3) is 0 Å². The Morgan fingerprint density at radius 3 is 2.68 bits per heavy atom. The zero-order valence-corrected chi connectivity index (χ0v) is 15.1. The predicted octanol–water partition coefficient (Wildman–Crippen LogP) is 1.59. The largest absolute Gasteiger partial charge is 0.508 e. The summed E-state index contributed by atoms with van der Waals surface area (Å²) in [6.45, 7) is 2.20. The van der Waals surface area contributed by atoms with E-state index in [2.05, 4.69) is 10.2 Å². The van der Waals surface area contributed by atoms with Crippen LogP contribution in [0.2, 0.25) is 10.0 Å². The standard InChI is InChI=1S/C17H19Cl2N3O3/c18-12-1-2-13(23)16(17(12)19)9-3-11-7-21(8-15(25)22(11)6-9)10-4-14(24)20-5-10/h1-2,9-11,23H,3-8H2,(H,20,24)/t9-,10?,11-/m0/s1. The molecule has 3 aliphatic rings. The average Bonchev–Trinajstić information content (AvgIpc) is 3.18. The molecule has 0 spiro atoms. The van der Waals surface area contributed by atoms with E-state index in [9.17, 15) is 14.7 Å². The van der Waals surface area contributed by atoms with Gasteiger partial charge in [-0.05, 0) is 18.6 Å². The Hall–Kier alpha value is -1.50. The topological polar surface area (TPSA) is 72.9 Å². The van der Waals surface area contributed by atoms with Crippen molar-refractivity contribution in [2.45, 2.75) is 30.8 Å². The van der Waals surface area contributed by atoms with Gasteiger partial charge in [0.15, 0.2) is 0 Å². The number of hydrogen-bond donors (Lipinski definition) is 2. The summed E-state index contributed by atoms with van der Waals surface area (Å²) in [5.41, 5.74) is 0.626. The second-order valence-electron chi connectivity index (χ2n) is 7.02. The number of nitrogens with zero attached hydrogens (tertiary/aromatic N) is 2. The molecule has 3 aliphatic heterocycles. The molecule has 3 saturated heterocycles. The zero-order valence-electron chi connectivity index (χ0n) is 13.5. The number of halogens is 2. The van der Waals surface area contributed by atoms with Crippen LogP contribution in [0.1, 0.15) is 24.3 Å². The third kappa shape index (κ3) is 2.96. The Balaban J connectivity index is 1.54. The van der Waals surface area contributed by atoms with Gasteiger partial charge in [-0.3, -0.25) is 14.5 Å². The Kier molecular flexibility index (Phi) is 4.30. The van der Waals surface area contributed by atoms with Crippen molar-refractivity contribution in [3.8, 4) is 5.75 Å². The van der Waals surface area contributed by atoms with E-state index in [0.717, 1.165) is 13.0 Å². The molecule has 1 aromatic rings. The number of fused-ring (bicyclic) bond motifs is 1. The van der Waals surface area contributed by atoms with Crippen LogP contribution in [0.4, 0.5) is 0 Å². The minimum absolute atomic E-state index is 0.0385. The Labute approximate surface area is 155 Å². The van der Waals surface area contributed by atoms with Gasteiger partial charge in [-0.2, -0.15) is 0 Å². The van der Waals surface area contributed by atoms with Crippen LogP contribution in [-0.2, 0) is 9.59 Å². The summed E-state index contributed by atoms with van der Waals surface area (Å²) in [6.07, 6.45) is 1.17. The quantitative estimate of drug-likeness (QED) is 0.813. The van der Waals surface area contributed by atoms with E-state index in [4.69, 9.17) is 23.2 Å². The second kappa shape index (κ2) is 6.34. The van der Waals surface area contributed by atoms with Crippen molar-refractivity contribution in [1.82, 2.24) is 15.1 Å². The number of hydrogen-bond acceptors (Lipinski definition) is 4. The maximum Gasteiger partial charge on any atom is 0.237 e. The number of benzene rings is 1. The van der Waals surface area contributed by atoms with Crippen molar-refractivity contribution in [1.29, 1.82) is 0 Å². The summed E-state index contributed by atoms with van der Waals surface area (Å²) in [7, 11) is 0. The summed E-state index contributed by atoms with van der Waals surface area (Å²) in [4.78, 5) is 28.0. The highest BCUT2D eigenvalue weighted by atomic mass is 35.5. The summed E-state index contributed by atoms with van der Waals surface area (Å²) in [6, 6.07) is 3.27. The Bertz CT molecular complexity index is 742. The number of aromatic hydroxyl groups is 1. The molecule has 0 bridgehead atoms. The highest BCUT2D eigenvalue weighted by Crippen LogP contribution is 2.43. The van der Waals surface area contributed by atoms with E-state index >= 15 is 0 Å². The van der Waals surface area contributed by atoms with Crippen LogP contribution < -0.4 is 5.32 Å². The number of phenols is 1. The van der Waals surface area contributed by atoms with Gasteiger partial charge in [-0.25, -0.2) is 0 Å². The molecule has 6 nitrogen and oxygen atoms in total. The molecule has 8 heteroatoms. The lowest BCUT2D eigenvalue weighted by Crippen LogP contribution is -2.56. The fourth-order valence-electron chi connectivity index (χ4n) is 4.28. The molecule has 25 heavy (non-hydrogen) atoms. The van der Waals surface area contributed by atoms with Gasteiger partial charge in [0.1, 0.15) is 5.75 Å². The fourth-order valence-corrected chi connectivity index (χ4v) is 4.75. The number of carbonyl (C=O) groups excluding carboxylic acids is 2. The van der Waals surface area contributed by atoms with Crippen LogP contribution in [0.5, 0.6) is 5.75 Å². The van der Waals surface area contributed by atoms with Crippen LogP contribution in [0.3, 0.4) is 0 Å². The molecule has 0 aliphatic carbocycles. The summed E-state index contributed by atoms with van der Waals surface area (Å²) in [5, 5.41) is 13.8. The number of amides is 2. The van der Waals surface area contributed by atoms with Gasteiger partial charge in [0, 0.05) is 49.6 Å². The van der Waals surface area contributed by atoms with Gasteiger partial charge >= 0.3 is 0 Å². The Morgan fingerprint density at radius 1 is 1.16 bits per heavy atom. The smallest absolute Gasteiger partial charge is 0.237 e. The van der Waals surface area contributed by atoms with Gasteiger partial charge < -0.3 is 15.3 Å². The highest BCUT2D eigenvalue weighted by Gasteiger charge is 2.44. The molecule has 4 rings (SSSR count). The summed E-state index contributed by atoms with van der Waals surface area (Å²) >= 11 is 12.4. The van der Waals surface area contributed by atoms with Crippen LogP contribution in [0, 0.1) is 0 Å². The van der Waals surface area contributed by atoms with Crippen molar-refractivity contribution < 1.29 is 14.7 Å². The predicted molar refractivity (Wildman–Crippen MR) is 94.0 cm³/mol. The number of nitrogens with one attached hydrogen (secondary N) is 1. The van der Waals surface area contributed by atoms with Crippen molar-refractivity contribution >= 4 is 35.0 Å². The van der Waals surface area contributed by atoms with Gasteiger partial charge in [0.25, 0.3) is 0 Å². The van der Waals surface area contributed by atoms with Crippen molar-refractivity contribution in [2.75, 3.05) is 26.2 Å². The van der Waals surface area contributed by atoms with E-state index in [1.54, 1.807) is 12.1 Å². The van der Waals surface area contributed by atoms with Crippen LogP contribution in [-0.4, -0.2) is 65.0 Å². The van der Waals surface area contributed by atoms with E-state index in [0.29, 0.717) is 41.7 Å². The van der Waals surface area contributed by atoms with E-state index in [-0.39, 0.29) is 35.6 Å². The van der Waals surface area contributed by atoms with Gasteiger partial charge in [0.2, 0.25) is 11.8 Å². The van der Waals surface area contributed by atoms with Gasteiger partial charge in [-0.15, -0.1) is 0 Å². The van der Waals surface area contributed by atoms with Crippen molar-refractivity contribution in [3.05, 3.63) is 27.7 Å². The number of rotatable bonds is 2. The number of carbonyl (C=O) groups is 2. The van der Waals surface area contributed by atoms with Gasteiger partial charge in [-0.1, -0.05) is 23.2 Å². The molecule has 0 saturated carbocycles. The lowest BCUT2D eigenvalue weighted by Gasteiger charge is -2.39. The third-order valence-corrected chi connectivity index (χ3v) is 6.33. The first-order valence-electron chi connectivity index (χ1n) is 8.41. The molecule has 1 unspecified atom stereocenters. The first-order valence-corrected chi connectivity index (χ1v) is 9.16. The number of phenolic OH excluding ortho intramolecular Hbond substituents is 1. The average molecular weight is 384 g/mol. The lowest BCUT2D eigenvalue weighted by atomic mass is 9.95. The van der Waals surface area contributed by atoms with Crippen molar-refractivity contribution in [2.24, 2.45) is 0 Å². The first kappa shape index (κ1) is 16.9. The molecule has 3 atom stereocenters. The maximum absolute atomic E-state index is 12.6. The normalized spacial score (nSPS) is 29.8. The molecular weight excluding hydrogens is 365 g/mol. The third-order valence-electron chi connectivity index (χ3n) is 5.51. The molecule has 0 radical (unpaired) electrons. The molecule has 1 aromatic carbocycles. The molecule has 0 aromatic heterocycles. The minimum Gasteiger partial charge on any atom is -0.508 e. The first-order chi connectivity index (χ1) is 11.9. The van der Waals surface area contributed by atoms with E-state index in [1.165, 1.54) is 0 Å². The maximum atomic E-state index is 12.6.